The number of thioether (sulfide) groups is 1. The van der Waals surface area contributed by atoms with Gasteiger partial charge in [0.1, 0.15) is 0 Å². The van der Waals surface area contributed by atoms with Gasteiger partial charge in [-0.1, -0.05) is 29.8 Å². The van der Waals surface area contributed by atoms with E-state index < -0.39 is 0 Å². The van der Waals surface area contributed by atoms with Gasteiger partial charge in [-0.25, -0.2) is 4.79 Å². The molecule has 22 heavy (non-hydrogen) atoms. The number of aryl methyl sites for hydroxylation is 1. The van der Waals surface area contributed by atoms with E-state index in [9.17, 15) is 4.79 Å². The third-order valence-electron chi connectivity index (χ3n) is 4.43. The standard InChI is InChI=1S/C17H24N2O2S/c1-13-3-2-4-14(9-13)11-18-16(20)19-15-5-7-21-17(10-15)6-8-22-12-17/h2-4,9,15H,5-8,10-12H2,1H3,(H2,18,19,20)/t15-,17-/m0/s1. The molecule has 3 rings (SSSR count). The number of amides is 2. The van der Waals surface area contributed by atoms with E-state index in [1.165, 1.54) is 11.3 Å². The van der Waals surface area contributed by atoms with Crippen LogP contribution >= 0.6 is 11.8 Å². The molecule has 2 N–H and O–H groups in total. The molecule has 1 spiro atoms. The third-order valence-corrected chi connectivity index (χ3v) is 5.65. The summed E-state index contributed by atoms with van der Waals surface area (Å²) in [6, 6.07) is 8.36. The first-order valence-corrected chi connectivity index (χ1v) is 9.12. The van der Waals surface area contributed by atoms with Crippen LogP contribution in [0.25, 0.3) is 0 Å². The van der Waals surface area contributed by atoms with Gasteiger partial charge in [0, 0.05) is 24.9 Å². The average Bonchev–Trinajstić information content (AvgIpc) is 2.93. The van der Waals surface area contributed by atoms with Crippen LogP contribution in [0, 0.1) is 6.92 Å². The molecular weight excluding hydrogens is 296 g/mol. The molecule has 5 heteroatoms. The number of hydrogen-bond acceptors (Lipinski definition) is 3. The second-order valence-corrected chi connectivity index (χ2v) is 7.45. The van der Waals surface area contributed by atoms with Crippen molar-refractivity contribution in [1.82, 2.24) is 10.6 Å². The Kier molecular flexibility index (Phi) is 4.93. The Balaban J connectivity index is 1.47. The molecular formula is C17H24N2O2S. The number of hydrogen-bond donors (Lipinski definition) is 2. The van der Waals surface area contributed by atoms with Gasteiger partial charge >= 0.3 is 6.03 Å². The molecule has 120 valence electrons. The van der Waals surface area contributed by atoms with Crippen LogP contribution in [0.15, 0.2) is 24.3 Å². The van der Waals surface area contributed by atoms with E-state index in [1.54, 1.807) is 0 Å². The molecule has 2 saturated heterocycles. The minimum atomic E-state index is -0.0748. The summed E-state index contributed by atoms with van der Waals surface area (Å²) >= 11 is 1.96. The van der Waals surface area contributed by atoms with Crippen LogP contribution in [0.1, 0.15) is 30.4 Å². The topological polar surface area (TPSA) is 50.4 Å². The fourth-order valence-corrected chi connectivity index (χ4v) is 4.63. The quantitative estimate of drug-likeness (QED) is 0.900. The molecule has 0 radical (unpaired) electrons. The maximum atomic E-state index is 12.1. The maximum Gasteiger partial charge on any atom is 0.315 e. The lowest BCUT2D eigenvalue weighted by atomic mass is 9.90. The Labute approximate surface area is 136 Å². The second kappa shape index (κ2) is 6.92. The SMILES string of the molecule is Cc1cccc(CNC(=O)N[C@H]2CCO[C@@]3(CCSC3)C2)c1. The Bertz CT molecular complexity index is 529. The monoisotopic (exact) mass is 320 g/mol. The molecule has 2 amide bonds. The predicted octanol–water partition coefficient (Wildman–Crippen LogP) is 2.85. The van der Waals surface area contributed by atoms with E-state index in [0.29, 0.717) is 6.54 Å². The molecule has 4 nitrogen and oxygen atoms in total. The Morgan fingerprint density at radius 2 is 2.41 bits per heavy atom. The number of carbonyl (C=O) groups excluding carboxylic acids is 1. The van der Waals surface area contributed by atoms with Gasteiger partial charge in [0.05, 0.1) is 5.60 Å². The zero-order chi connectivity index (χ0) is 15.4. The number of carbonyl (C=O) groups is 1. The lowest BCUT2D eigenvalue weighted by Crippen LogP contribution is -2.50. The highest BCUT2D eigenvalue weighted by Crippen LogP contribution is 2.38. The van der Waals surface area contributed by atoms with Crippen molar-refractivity contribution in [3.05, 3.63) is 35.4 Å². The van der Waals surface area contributed by atoms with E-state index in [1.807, 2.05) is 23.9 Å². The average molecular weight is 320 g/mol. The van der Waals surface area contributed by atoms with Crippen molar-refractivity contribution in [2.45, 2.75) is 44.4 Å². The van der Waals surface area contributed by atoms with Crippen molar-refractivity contribution < 1.29 is 9.53 Å². The van der Waals surface area contributed by atoms with Crippen molar-refractivity contribution in [3.63, 3.8) is 0 Å². The number of benzene rings is 1. The van der Waals surface area contributed by atoms with Crippen LogP contribution in [-0.2, 0) is 11.3 Å². The smallest absolute Gasteiger partial charge is 0.315 e. The zero-order valence-corrected chi connectivity index (χ0v) is 13.9. The summed E-state index contributed by atoms with van der Waals surface area (Å²) in [5.41, 5.74) is 2.35. The summed E-state index contributed by atoms with van der Waals surface area (Å²) in [6.45, 7) is 3.38. The molecule has 2 aliphatic rings. The summed E-state index contributed by atoms with van der Waals surface area (Å²) in [5, 5.41) is 6.07. The third kappa shape index (κ3) is 3.96. The van der Waals surface area contributed by atoms with Crippen molar-refractivity contribution >= 4 is 17.8 Å². The number of ether oxygens (including phenoxy) is 1. The maximum absolute atomic E-state index is 12.1. The van der Waals surface area contributed by atoms with Crippen molar-refractivity contribution in [2.75, 3.05) is 18.1 Å². The molecule has 2 fully saturated rings. The van der Waals surface area contributed by atoms with Crippen LogP contribution in [-0.4, -0.2) is 35.8 Å². The fraction of sp³-hybridized carbons (Fsp3) is 0.588. The first-order chi connectivity index (χ1) is 10.7. The summed E-state index contributed by atoms with van der Waals surface area (Å²) in [4.78, 5) is 12.1. The highest BCUT2D eigenvalue weighted by molar-refractivity contribution is 7.99. The minimum absolute atomic E-state index is 0.0113. The van der Waals surface area contributed by atoms with E-state index >= 15 is 0 Å². The normalized spacial score (nSPS) is 27.8. The van der Waals surface area contributed by atoms with Gasteiger partial charge in [-0.15, -0.1) is 0 Å². The molecule has 0 saturated carbocycles. The zero-order valence-electron chi connectivity index (χ0n) is 13.1. The van der Waals surface area contributed by atoms with Crippen LogP contribution in [0.2, 0.25) is 0 Å². The van der Waals surface area contributed by atoms with E-state index in [0.717, 1.165) is 37.2 Å². The van der Waals surface area contributed by atoms with Gasteiger partial charge in [0.2, 0.25) is 0 Å². The van der Waals surface area contributed by atoms with Gasteiger partial charge in [-0.05, 0) is 37.5 Å². The molecule has 1 aromatic carbocycles. The van der Waals surface area contributed by atoms with Crippen LogP contribution in [0.3, 0.4) is 0 Å². The second-order valence-electron chi connectivity index (χ2n) is 6.34. The molecule has 0 aromatic heterocycles. The van der Waals surface area contributed by atoms with Crippen molar-refractivity contribution in [3.8, 4) is 0 Å². The van der Waals surface area contributed by atoms with Gasteiger partial charge in [-0.2, -0.15) is 11.8 Å². The van der Waals surface area contributed by atoms with E-state index in [-0.39, 0.29) is 17.7 Å². The van der Waals surface area contributed by atoms with Gasteiger partial charge in [-0.3, -0.25) is 0 Å². The highest BCUT2D eigenvalue weighted by atomic mass is 32.2. The Hall–Kier alpha value is -1.20. The fourth-order valence-electron chi connectivity index (χ4n) is 3.26. The van der Waals surface area contributed by atoms with E-state index in [4.69, 9.17) is 4.74 Å². The lowest BCUT2D eigenvalue weighted by molar-refractivity contribution is -0.0684. The molecule has 2 heterocycles. The minimum Gasteiger partial charge on any atom is -0.374 e. The number of rotatable bonds is 3. The summed E-state index contributed by atoms with van der Waals surface area (Å²) in [6.07, 6.45) is 2.96. The molecule has 2 aliphatic heterocycles. The summed E-state index contributed by atoms with van der Waals surface area (Å²) in [7, 11) is 0. The van der Waals surface area contributed by atoms with Gasteiger partial charge in [0.15, 0.2) is 0 Å². The highest BCUT2D eigenvalue weighted by Gasteiger charge is 2.40. The van der Waals surface area contributed by atoms with Gasteiger partial charge in [0.25, 0.3) is 0 Å². The Morgan fingerprint density at radius 3 is 3.18 bits per heavy atom. The number of nitrogens with one attached hydrogen (secondary N) is 2. The molecule has 2 atom stereocenters. The van der Waals surface area contributed by atoms with Crippen LogP contribution < -0.4 is 10.6 Å². The number of urea groups is 1. The summed E-state index contributed by atoms with van der Waals surface area (Å²) < 4.78 is 5.99. The van der Waals surface area contributed by atoms with Crippen molar-refractivity contribution in [2.24, 2.45) is 0 Å². The first-order valence-electron chi connectivity index (χ1n) is 7.97. The van der Waals surface area contributed by atoms with Crippen LogP contribution in [0.4, 0.5) is 4.79 Å². The first kappa shape index (κ1) is 15.7. The van der Waals surface area contributed by atoms with Gasteiger partial charge < -0.3 is 15.4 Å². The molecule has 0 aliphatic carbocycles. The molecule has 0 bridgehead atoms. The predicted molar refractivity (Wildman–Crippen MR) is 90.2 cm³/mol. The van der Waals surface area contributed by atoms with E-state index in [2.05, 4.69) is 29.7 Å². The van der Waals surface area contributed by atoms with Crippen LogP contribution in [0.5, 0.6) is 0 Å². The van der Waals surface area contributed by atoms with Crippen molar-refractivity contribution in [1.29, 1.82) is 0 Å². The lowest BCUT2D eigenvalue weighted by Gasteiger charge is -2.37. The largest absolute Gasteiger partial charge is 0.374 e. The Morgan fingerprint density at radius 1 is 1.50 bits per heavy atom. The summed E-state index contributed by atoms with van der Waals surface area (Å²) in [5.74, 6) is 2.24. The molecule has 1 aromatic rings. The molecule has 0 unspecified atom stereocenters.